The third-order valence-corrected chi connectivity index (χ3v) is 14.7. The van der Waals surface area contributed by atoms with Crippen molar-refractivity contribution in [3.05, 3.63) is 223 Å². The maximum absolute atomic E-state index is 6.37. The van der Waals surface area contributed by atoms with Crippen molar-refractivity contribution < 1.29 is 4.42 Å². The van der Waals surface area contributed by atoms with Crippen LogP contribution in [0.5, 0.6) is 0 Å². The molecular weight excluding hydrogens is 813 g/mol. The number of hydrogen-bond donors (Lipinski definition) is 0. The van der Waals surface area contributed by atoms with Gasteiger partial charge in [0, 0.05) is 44.3 Å². The molecule has 2 heterocycles. The Morgan fingerprint density at radius 3 is 1.96 bits per heavy atom. The van der Waals surface area contributed by atoms with Crippen LogP contribution >= 0.6 is 0 Å². The number of hydrogen-bond acceptors (Lipinski definition) is 2. The molecule has 0 radical (unpaired) electrons. The van der Waals surface area contributed by atoms with Crippen LogP contribution in [-0.4, -0.2) is 4.57 Å². The number of fused-ring (bicyclic) bond motifs is 7. The van der Waals surface area contributed by atoms with E-state index in [2.05, 4.69) is 222 Å². The highest BCUT2D eigenvalue weighted by molar-refractivity contribution is 6.10. The summed E-state index contributed by atoms with van der Waals surface area (Å²) < 4.78 is 8.75. The van der Waals surface area contributed by atoms with Crippen molar-refractivity contribution in [1.29, 1.82) is 0 Å². The fourth-order valence-electron chi connectivity index (χ4n) is 11.4. The molecule has 0 amide bonds. The Bertz CT molecular complexity index is 3650. The Kier molecular flexibility index (Phi) is 9.74. The van der Waals surface area contributed by atoms with Crippen LogP contribution in [0, 0.1) is 0 Å². The van der Waals surface area contributed by atoms with Crippen molar-refractivity contribution >= 4 is 66.7 Å². The van der Waals surface area contributed by atoms with E-state index in [1.807, 2.05) is 0 Å². The van der Waals surface area contributed by atoms with E-state index >= 15 is 0 Å². The van der Waals surface area contributed by atoms with Gasteiger partial charge in [-0.05, 0) is 149 Å². The summed E-state index contributed by atoms with van der Waals surface area (Å²) in [5.74, 6) is 1.58. The van der Waals surface area contributed by atoms with Crippen LogP contribution in [-0.2, 0) is 6.42 Å². The lowest BCUT2D eigenvalue weighted by molar-refractivity contribution is 0.445. The molecule has 1 saturated carbocycles. The highest BCUT2D eigenvalue weighted by atomic mass is 16.3. The fourth-order valence-corrected chi connectivity index (χ4v) is 11.4. The minimum atomic E-state index is 0.582. The number of anilines is 3. The van der Waals surface area contributed by atoms with Crippen molar-refractivity contribution in [2.75, 3.05) is 4.90 Å². The first-order valence-electron chi connectivity index (χ1n) is 24.2. The van der Waals surface area contributed by atoms with Gasteiger partial charge in [0.1, 0.15) is 11.3 Å². The monoisotopic (exact) mass is 862 g/mol. The minimum Gasteiger partial charge on any atom is -0.456 e. The molecule has 0 aliphatic heterocycles. The van der Waals surface area contributed by atoms with Gasteiger partial charge in [0.2, 0.25) is 0 Å². The minimum absolute atomic E-state index is 0.582. The van der Waals surface area contributed by atoms with Crippen molar-refractivity contribution in [3.8, 4) is 39.1 Å². The first kappa shape index (κ1) is 39.5. The first-order chi connectivity index (χ1) is 33.2. The zero-order valence-electron chi connectivity index (χ0n) is 37.5. The highest BCUT2D eigenvalue weighted by Gasteiger charge is 2.23. The van der Waals surface area contributed by atoms with Gasteiger partial charge in [-0.25, -0.2) is 0 Å². The molecule has 0 spiro atoms. The molecule has 3 heteroatoms. The number of allylic oxidation sites excluding steroid dienone is 1. The molecule has 1 fully saturated rings. The van der Waals surface area contributed by atoms with Crippen LogP contribution in [0.25, 0.3) is 88.7 Å². The number of aryl methyl sites for hydroxylation is 1. The average Bonchev–Trinajstić information content (AvgIpc) is 3.94. The molecule has 2 aliphatic carbocycles. The summed E-state index contributed by atoms with van der Waals surface area (Å²) in [7, 11) is 0. The van der Waals surface area contributed by atoms with Crippen molar-refractivity contribution in [2.24, 2.45) is 0 Å². The predicted molar refractivity (Wildman–Crippen MR) is 282 cm³/mol. The maximum atomic E-state index is 6.37. The Balaban J connectivity index is 0.933. The SMILES string of the molecule is C1=Cc2oc3cc(-c4ccc(N(c5ccc(-c6ccc7c(c6)c6ccccc6n7-c6ccccc6)cc5)c5ccccc5-c5cccc6cccc(C7CCCCC7)c56)cc4)ccc3c2CC1. The smallest absolute Gasteiger partial charge is 0.135 e. The van der Waals surface area contributed by atoms with E-state index < -0.39 is 0 Å². The molecule has 11 aromatic rings. The standard InChI is InChI=1S/C64H50N2O/c1-3-15-45(16-4-1)52-24-13-17-46-18-14-25-57(64(46)52)53-21-7-10-26-59(53)65(51-37-31-44(32-38-51)48-33-39-56-55-23-9-12-28-62(55)67-63(56)42-48)50-35-29-43(30-36-50)47-34-40-61-58(41-47)54-22-8-11-27-60(54)66(61)49-19-5-2-6-20-49/h2,5-8,10-14,17-22,24-42,45H,1,3-4,9,15-16,23H2. The number of rotatable bonds is 8. The number of para-hydroxylation sites is 3. The molecule has 0 N–H and O–H groups in total. The van der Waals surface area contributed by atoms with E-state index in [4.69, 9.17) is 4.42 Å². The fraction of sp³-hybridized carbons (Fsp3) is 0.125. The summed E-state index contributed by atoms with van der Waals surface area (Å²) >= 11 is 0. The summed E-state index contributed by atoms with van der Waals surface area (Å²) in [6.07, 6.45) is 12.9. The van der Waals surface area contributed by atoms with E-state index in [0.29, 0.717) is 5.92 Å². The maximum Gasteiger partial charge on any atom is 0.135 e. The number of furan rings is 1. The van der Waals surface area contributed by atoms with Gasteiger partial charge in [0.25, 0.3) is 0 Å². The quantitative estimate of drug-likeness (QED) is 0.152. The topological polar surface area (TPSA) is 21.3 Å². The Labute approximate surface area is 391 Å². The van der Waals surface area contributed by atoms with Crippen LogP contribution in [0.2, 0.25) is 0 Å². The first-order valence-corrected chi connectivity index (χ1v) is 24.2. The number of aromatic nitrogens is 1. The lowest BCUT2D eigenvalue weighted by Gasteiger charge is -2.29. The van der Waals surface area contributed by atoms with Gasteiger partial charge in [-0.2, -0.15) is 0 Å². The van der Waals surface area contributed by atoms with Gasteiger partial charge in [0.15, 0.2) is 0 Å². The molecule has 0 atom stereocenters. The van der Waals surface area contributed by atoms with Gasteiger partial charge >= 0.3 is 0 Å². The largest absolute Gasteiger partial charge is 0.456 e. The summed E-state index contributed by atoms with van der Waals surface area (Å²) in [4.78, 5) is 2.46. The third-order valence-electron chi connectivity index (χ3n) is 14.7. The zero-order chi connectivity index (χ0) is 44.3. The molecule has 0 saturated heterocycles. The third kappa shape index (κ3) is 6.88. The molecule has 2 aromatic heterocycles. The van der Waals surface area contributed by atoms with Crippen LogP contribution in [0.3, 0.4) is 0 Å². The Morgan fingerprint density at radius 2 is 1.15 bits per heavy atom. The molecule has 67 heavy (non-hydrogen) atoms. The van der Waals surface area contributed by atoms with Crippen LogP contribution in [0.15, 0.2) is 211 Å². The van der Waals surface area contributed by atoms with Crippen molar-refractivity contribution in [1.82, 2.24) is 4.57 Å². The summed E-state index contributed by atoms with van der Waals surface area (Å²) in [6.45, 7) is 0. The zero-order valence-corrected chi connectivity index (χ0v) is 37.5. The second kappa shape index (κ2) is 16.5. The van der Waals surface area contributed by atoms with E-state index in [1.165, 1.54) is 109 Å². The van der Waals surface area contributed by atoms with E-state index in [0.717, 1.165) is 52.4 Å². The molecule has 9 aromatic carbocycles. The number of benzene rings is 9. The summed E-state index contributed by atoms with van der Waals surface area (Å²) in [6, 6.07) is 74.3. The van der Waals surface area contributed by atoms with Crippen LogP contribution in [0.4, 0.5) is 17.1 Å². The van der Waals surface area contributed by atoms with Crippen LogP contribution < -0.4 is 4.90 Å². The molecule has 13 rings (SSSR count). The Morgan fingerprint density at radius 1 is 0.493 bits per heavy atom. The second-order valence-electron chi connectivity index (χ2n) is 18.5. The van der Waals surface area contributed by atoms with Crippen LogP contribution in [0.1, 0.15) is 61.3 Å². The van der Waals surface area contributed by atoms with Crippen molar-refractivity contribution in [3.63, 3.8) is 0 Å². The molecule has 322 valence electrons. The average molecular weight is 863 g/mol. The molecule has 0 unspecified atom stereocenters. The lowest BCUT2D eigenvalue weighted by Crippen LogP contribution is -2.11. The lowest BCUT2D eigenvalue weighted by atomic mass is 9.80. The Hall–Kier alpha value is -7.88. The molecule has 0 bridgehead atoms. The van der Waals surface area contributed by atoms with Gasteiger partial charge in [-0.1, -0.05) is 159 Å². The molecular formula is C64H50N2O. The molecule has 2 aliphatic rings. The molecule has 3 nitrogen and oxygen atoms in total. The van der Waals surface area contributed by atoms with Gasteiger partial charge in [-0.15, -0.1) is 0 Å². The highest BCUT2D eigenvalue weighted by Crippen LogP contribution is 2.47. The van der Waals surface area contributed by atoms with E-state index in [-0.39, 0.29) is 0 Å². The normalized spacial score (nSPS) is 14.0. The predicted octanol–water partition coefficient (Wildman–Crippen LogP) is 18.2. The van der Waals surface area contributed by atoms with E-state index in [1.54, 1.807) is 0 Å². The van der Waals surface area contributed by atoms with Gasteiger partial charge in [0.05, 0.1) is 16.7 Å². The van der Waals surface area contributed by atoms with Gasteiger partial charge < -0.3 is 13.9 Å². The van der Waals surface area contributed by atoms with E-state index in [9.17, 15) is 0 Å². The van der Waals surface area contributed by atoms with Crippen molar-refractivity contribution in [2.45, 2.75) is 50.9 Å². The summed E-state index contributed by atoms with van der Waals surface area (Å²) in [5.41, 5.74) is 17.9. The number of nitrogens with zero attached hydrogens (tertiary/aromatic N) is 2. The summed E-state index contributed by atoms with van der Waals surface area (Å²) in [5, 5.41) is 6.44. The van der Waals surface area contributed by atoms with Gasteiger partial charge in [-0.3, -0.25) is 0 Å². The second-order valence-corrected chi connectivity index (χ2v) is 18.5.